The largest absolute Gasteiger partial charge is 0.389 e. The molecule has 3 atom stereocenters. The number of ether oxygens (including phenoxy) is 3. The number of hydrogen-bond donors (Lipinski definition) is 3. The van der Waals surface area contributed by atoms with Crippen molar-refractivity contribution in [3.8, 4) is 0 Å². The summed E-state index contributed by atoms with van der Waals surface area (Å²) in [5.41, 5.74) is 0. The summed E-state index contributed by atoms with van der Waals surface area (Å²) in [6, 6.07) is 0.207. The summed E-state index contributed by atoms with van der Waals surface area (Å²) in [4.78, 5) is 11.2. The Hall–Kier alpha value is -0.730. The van der Waals surface area contributed by atoms with E-state index in [1.807, 2.05) is 0 Å². The lowest BCUT2D eigenvalue weighted by Crippen LogP contribution is -2.55. The Morgan fingerprint density at radius 3 is 2.83 bits per heavy atom. The van der Waals surface area contributed by atoms with Crippen molar-refractivity contribution in [2.45, 2.75) is 24.3 Å². The Labute approximate surface area is 106 Å². The van der Waals surface area contributed by atoms with Crippen molar-refractivity contribution >= 4 is 5.91 Å². The summed E-state index contributed by atoms with van der Waals surface area (Å²) in [5, 5.41) is 16.0. The van der Waals surface area contributed by atoms with Crippen LogP contribution in [0.4, 0.5) is 0 Å². The summed E-state index contributed by atoms with van der Waals surface area (Å²) in [7, 11) is 1.46. The third-order valence-corrected chi connectivity index (χ3v) is 3.15. The maximum absolute atomic E-state index is 11.2. The van der Waals surface area contributed by atoms with Crippen LogP contribution in [0.2, 0.25) is 0 Å². The second-order valence-corrected chi connectivity index (χ2v) is 4.61. The minimum Gasteiger partial charge on any atom is -0.389 e. The Kier molecular flexibility index (Phi) is 4.90. The van der Waals surface area contributed by atoms with Crippen LogP contribution in [-0.4, -0.2) is 75.4 Å². The second-order valence-electron chi connectivity index (χ2n) is 4.61. The van der Waals surface area contributed by atoms with Gasteiger partial charge in [-0.15, -0.1) is 0 Å². The van der Waals surface area contributed by atoms with E-state index in [1.165, 1.54) is 7.11 Å². The van der Waals surface area contributed by atoms with Gasteiger partial charge in [0.25, 0.3) is 0 Å². The van der Waals surface area contributed by atoms with E-state index in [9.17, 15) is 9.90 Å². The fraction of sp³-hybridized carbons (Fsp3) is 0.909. The van der Waals surface area contributed by atoms with Gasteiger partial charge in [-0.2, -0.15) is 0 Å². The van der Waals surface area contributed by atoms with Gasteiger partial charge in [-0.3, -0.25) is 4.79 Å². The SMILES string of the molecule is COCC(=O)NCC1OCC(NC2COC2)C1O. The molecule has 0 aromatic heterocycles. The Morgan fingerprint density at radius 2 is 2.22 bits per heavy atom. The van der Waals surface area contributed by atoms with E-state index in [2.05, 4.69) is 10.6 Å². The van der Waals surface area contributed by atoms with Crippen molar-refractivity contribution in [1.29, 1.82) is 0 Å². The highest BCUT2D eigenvalue weighted by Crippen LogP contribution is 2.15. The Balaban J connectivity index is 1.69. The molecule has 0 aromatic carbocycles. The normalized spacial score (nSPS) is 32.2. The number of aliphatic hydroxyl groups is 1. The number of amides is 1. The molecule has 2 saturated heterocycles. The first-order chi connectivity index (χ1) is 8.70. The third-order valence-electron chi connectivity index (χ3n) is 3.15. The number of nitrogens with one attached hydrogen (secondary N) is 2. The van der Waals surface area contributed by atoms with Crippen LogP contribution < -0.4 is 10.6 Å². The first-order valence-corrected chi connectivity index (χ1v) is 6.10. The van der Waals surface area contributed by atoms with Crippen LogP contribution in [0.15, 0.2) is 0 Å². The molecule has 0 radical (unpaired) electrons. The third kappa shape index (κ3) is 3.39. The minimum atomic E-state index is -0.617. The lowest BCUT2D eigenvalue weighted by Gasteiger charge is -2.30. The molecule has 0 spiro atoms. The van der Waals surface area contributed by atoms with E-state index in [-0.39, 0.29) is 24.7 Å². The second kappa shape index (κ2) is 6.44. The molecule has 0 aromatic rings. The molecule has 2 rings (SSSR count). The lowest BCUT2D eigenvalue weighted by atomic mass is 10.1. The maximum Gasteiger partial charge on any atom is 0.246 e. The van der Waals surface area contributed by atoms with Gasteiger partial charge >= 0.3 is 0 Å². The molecule has 0 saturated carbocycles. The summed E-state index contributed by atoms with van der Waals surface area (Å²) < 4.78 is 15.2. The minimum absolute atomic E-state index is 0.0178. The summed E-state index contributed by atoms with van der Waals surface area (Å²) in [6.07, 6.45) is -0.988. The number of hydrogen-bond acceptors (Lipinski definition) is 6. The van der Waals surface area contributed by atoms with Crippen LogP contribution in [0.1, 0.15) is 0 Å². The van der Waals surface area contributed by atoms with E-state index >= 15 is 0 Å². The van der Waals surface area contributed by atoms with E-state index in [0.717, 1.165) is 0 Å². The van der Waals surface area contributed by atoms with Gasteiger partial charge in [0.1, 0.15) is 12.7 Å². The summed E-state index contributed by atoms with van der Waals surface area (Å²) >= 11 is 0. The van der Waals surface area contributed by atoms with Gasteiger partial charge in [0.15, 0.2) is 0 Å². The molecule has 1 amide bonds. The molecule has 0 bridgehead atoms. The van der Waals surface area contributed by atoms with Crippen LogP contribution in [0.25, 0.3) is 0 Å². The van der Waals surface area contributed by atoms with E-state index < -0.39 is 6.10 Å². The van der Waals surface area contributed by atoms with Crippen LogP contribution in [0.3, 0.4) is 0 Å². The average molecular weight is 260 g/mol. The highest BCUT2D eigenvalue weighted by molar-refractivity contribution is 5.77. The van der Waals surface area contributed by atoms with Gasteiger partial charge in [0.05, 0.1) is 38.0 Å². The van der Waals surface area contributed by atoms with Gasteiger partial charge in [-0.1, -0.05) is 0 Å². The molecule has 3 unspecified atom stereocenters. The lowest BCUT2D eigenvalue weighted by molar-refractivity contribution is -0.125. The van der Waals surface area contributed by atoms with Crippen LogP contribution >= 0.6 is 0 Å². The quantitative estimate of drug-likeness (QED) is 0.505. The monoisotopic (exact) mass is 260 g/mol. The fourth-order valence-corrected chi connectivity index (χ4v) is 2.04. The van der Waals surface area contributed by atoms with Crippen molar-refractivity contribution in [2.75, 3.05) is 40.1 Å². The number of rotatable bonds is 6. The van der Waals surface area contributed by atoms with Crippen LogP contribution in [-0.2, 0) is 19.0 Å². The number of carbonyl (C=O) groups is 1. The molecule has 2 aliphatic heterocycles. The fourth-order valence-electron chi connectivity index (χ4n) is 2.04. The van der Waals surface area contributed by atoms with Gasteiger partial charge in [-0.05, 0) is 0 Å². The standard InChI is InChI=1S/C11H20N2O5/c1-16-6-10(14)12-2-9-11(15)8(5-18-9)13-7-3-17-4-7/h7-9,11,13,15H,2-6H2,1H3,(H,12,14). The summed E-state index contributed by atoms with van der Waals surface area (Å²) in [6.45, 7) is 2.12. The van der Waals surface area contributed by atoms with E-state index in [1.54, 1.807) is 0 Å². The first kappa shape index (κ1) is 13.7. The molecule has 7 heteroatoms. The zero-order chi connectivity index (χ0) is 13.0. The summed E-state index contributed by atoms with van der Waals surface area (Å²) in [5.74, 6) is -0.211. The number of aliphatic hydroxyl groups excluding tert-OH is 1. The highest BCUT2D eigenvalue weighted by atomic mass is 16.5. The molecular formula is C11H20N2O5. The molecule has 3 N–H and O–H groups in total. The van der Waals surface area contributed by atoms with Crippen molar-refractivity contribution in [3.05, 3.63) is 0 Å². The topological polar surface area (TPSA) is 89.1 Å². The maximum atomic E-state index is 11.2. The zero-order valence-electron chi connectivity index (χ0n) is 10.4. The van der Waals surface area contributed by atoms with Gasteiger partial charge in [0, 0.05) is 13.7 Å². The molecule has 18 heavy (non-hydrogen) atoms. The molecular weight excluding hydrogens is 240 g/mol. The van der Waals surface area contributed by atoms with Crippen molar-refractivity contribution in [1.82, 2.24) is 10.6 Å². The van der Waals surface area contributed by atoms with E-state index in [4.69, 9.17) is 14.2 Å². The van der Waals surface area contributed by atoms with Crippen molar-refractivity contribution in [3.63, 3.8) is 0 Å². The number of carbonyl (C=O) groups excluding carboxylic acids is 1. The first-order valence-electron chi connectivity index (χ1n) is 6.10. The predicted molar refractivity (Wildman–Crippen MR) is 62.2 cm³/mol. The smallest absolute Gasteiger partial charge is 0.246 e. The van der Waals surface area contributed by atoms with Crippen molar-refractivity contribution in [2.24, 2.45) is 0 Å². The van der Waals surface area contributed by atoms with E-state index in [0.29, 0.717) is 32.4 Å². The van der Waals surface area contributed by atoms with Gasteiger partial charge in [-0.25, -0.2) is 0 Å². The predicted octanol–water partition coefficient (Wildman–Crippen LogP) is -2.13. The molecule has 104 valence electrons. The molecule has 0 aliphatic carbocycles. The molecule has 2 fully saturated rings. The van der Waals surface area contributed by atoms with Crippen LogP contribution in [0, 0.1) is 0 Å². The Bertz CT molecular complexity index is 285. The molecule has 2 heterocycles. The van der Waals surface area contributed by atoms with Crippen LogP contribution in [0.5, 0.6) is 0 Å². The number of methoxy groups -OCH3 is 1. The van der Waals surface area contributed by atoms with Gasteiger partial charge < -0.3 is 30.0 Å². The zero-order valence-corrected chi connectivity index (χ0v) is 10.4. The molecule has 2 aliphatic rings. The van der Waals surface area contributed by atoms with Gasteiger partial charge in [0.2, 0.25) is 5.91 Å². The average Bonchev–Trinajstić information content (AvgIpc) is 2.63. The Morgan fingerprint density at radius 1 is 1.44 bits per heavy atom. The highest BCUT2D eigenvalue weighted by Gasteiger charge is 2.37. The molecule has 7 nitrogen and oxygen atoms in total. The van der Waals surface area contributed by atoms with Crippen molar-refractivity contribution < 1.29 is 24.1 Å².